The number of hydrogen-bond acceptors (Lipinski definition) is 5. The molecule has 1 fully saturated rings. The second-order valence-corrected chi connectivity index (χ2v) is 6.20. The van der Waals surface area contributed by atoms with Crippen LogP contribution < -0.4 is 10.6 Å². The lowest BCUT2D eigenvalue weighted by atomic mass is 9.94. The van der Waals surface area contributed by atoms with Crippen molar-refractivity contribution >= 4 is 27.5 Å². The molecule has 7 heteroatoms. The molecule has 0 atom stereocenters. The summed E-state index contributed by atoms with van der Waals surface area (Å²) in [5.41, 5.74) is 6.44. The molecule has 116 valence electrons. The highest BCUT2D eigenvalue weighted by Gasteiger charge is 2.31. The Labute approximate surface area is 132 Å². The molecular formula is C14H20BrN3O3. The van der Waals surface area contributed by atoms with Crippen LogP contribution in [-0.2, 0) is 4.74 Å². The van der Waals surface area contributed by atoms with E-state index in [1.165, 1.54) is 0 Å². The maximum atomic E-state index is 10.5. The average Bonchev–Trinajstić information content (AvgIpc) is 2.46. The summed E-state index contributed by atoms with van der Waals surface area (Å²) in [6.45, 7) is 1.72. The van der Waals surface area contributed by atoms with Gasteiger partial charge in [0, 0.05) is 55.4 Å². The van der Waals surface area contributed by atoms with Crippen molar-refractivity contribution in [2.24, 2.45) is 10.9 Å². The molecule has 0 radical (unpaired) electrons. The fourth-order valence-electron chi connectivity index (χ4n) is 2.45. The third kappa shape index (κ3) is 3.87. The molecule has 0 amide bonds. The van der Waals surface area contributed by atoms with Crippen molar-refractivity contribution in [3.05, 3.63) is 28.2 Å². The number of halogens is 1. The number of amidine groups is 1. The fraction of sp³-hybridized carbons (Fsp3) is 0.500. The second kappa shape index (κ2) is 6.64. The summed E-state index contributed by atoms with van der Waals surface area (Å²) in [6.07, 6.45) is 1.28. The number of anilines is 1. The Morgan fingerprint density at radius 2 is 2.14 bits per heavy atom. The molecule has 1 aliphatic heterocycles. The Morgan fingerprint density at radius 1 is 1.48 bits per heavy atom. The minimum atomic E-state index is -0.719. The molecule has 1 saturated heterocycles. The van der Waals surface area contributed by atoms with Crippen LogP contribution in [0.1, 0.15) is 18.4 Å². The molecule has 0 bridgehead atoms. The monoisotopic (exact) mass is 357 g/mol. The largest absolute Gasteiger partial charge is 0.409 e. The molecule has 2 rings (SSSR count). The lowest BCUT2D eigenvalue weighted by Crippen LogP contribution is -2.45. The number of aliphatic hydroxyl groups is 1. The summed E-state index contributed by atoms with van der Waals surface area (Å²) in [7, 11) is 1.93. The molecule has 21 heavy (non-hydrogen) atoms. The predicted molar refractivity (Wildman–Crippen MR) is 84.9 cm³/mol. The summed E-state index contributed by atoms with van der Waals surface area (Å²) < 4.78 is 6.03. The Morgan fingerprint density at radius 3 is 2.71 bits per heavy atom. The van der Waals surface area contributed by atoms with E-state index >= 15 is 0 Å². The van der Waals surface area contributed by atoms with E-state index in [-0.39, 0.29) is 5.84 Å². The highest BCUT2D eigenvalue weighted by molar-refractivity contribution is 9.10. The Bertz CT molecular complexity index is 530. The molecule has 1 aliphatic rings. The van der Waals surface area contributed by atoms with Gasteiger partial charge in [0.1, 0.15) is 0 Å². The minimum absolute atomic E-state index is 0.0548. The van der Waals surface area contributed by atoms with E-state index in [0.717, 1.165) is 10.2 Å². The molecule has 0 spiro atoms. The van der Waals surface area contributed by atoms with E-state index in [1.807, 2.05) is 24.1 Å². The summed E-state index contributed by atoms with van der Waals surface area (Å²) >= 11 is 3.41. The van der Waals surface area contributed by atoms with Crippen LogP contribution in [0.25, 0.3) is 0 Å². The first kappa shape index (κ1) is 16.1. The van der Waals surface area contributed by atoms with Gasteiger partial charge in [0.15, 0.2) is 5.84 Å². The summed E-state index contributed by atoms with van der Waals surface area (Å²) in [5.74, 6) is 0.0548. The van der Waals surface area contributed by atoms with Crippen molar-refractivity contribution in [2.75, 3.05) is 31.7 Å². The van der Waals surface area contributed by atoms with E-state index in [0.29, 0.717) is 38.2 Å². The van der Waals surface area contributed by atoms with E-state index < -0.39 is 5.60 Å². The number of hydrogen-bond donors (Lipinski definition) is 3. The van der Waals surface area contributed by atoms with Gasteiger partial charge >= 0.3 is 0 Å². The van der Waals surface area contributed by atoms with Crippen molar-refractivity contribution in [2.45, 2.75) is 18.4 Å². The zero-order valence-electron chi connectivity index (χ0n) is 11.9. The molecule has 0 aliphatic carbocycles. The molecule has 6 nitrogen and oxygen atoms in total. The van der Waals surface area contributed by atoms with Gasteiger partial charge in [-0.05, 0) is 34.1 Å². The number of benzene rings is 1. The maximum Gasteiger partial charge on any atom is 0.171 e. The second-order valence-electron chi connectivity index (χ2n) is 5.34. The normalized spacial score (nSPS) is 18.5. The number of nitrogens with zero attached hydrogens (tertiary/aromatic N) is 2. The van der Waals surface area contributed by atoms with E-state index in [9.17, 15) is 5.11 Å². The smallest absolute Gasteiger partial charge is 0.171 e. The van der Waals surface area contributed by atoms with Gasteiger partial charge in [-0.3, -0.25) is 0 Å². The SMILES string of the molecule is CN(CC1(O)CCOCC1)c1ccc(/C(N)=N/O)c(Br)c1. The first-order valence-corrected chi connectivity index (χ1v) is 7.53. The third-order valence-electron chi connectivity index (χ3n) is 3.73. The van der Waals surface area contributed by atoms with E-state index in [2.05, 4.69) is 21.1 Å². The van der Waals surface area contributed by atoms with Crippen LogP contribution in [0.15, 0.2) is 27.8 Å². The van der Waals surface area contributed by atoms with Gasteiger partial charge in [-0.2, -0.15) is 0 Å². The van der Waals surface area contributed by atoms with Gasteiger partial charge in [-0.1, -0.05) is 5.16 Å². The standard InChI is InChI=1S/C14H20BrN3O3/c1-18(9-14(19)4-6-21-7-5-14)10-2-3-11(12(15)8-10)13(16)17-20/h2-3,8,19-20H,4-7,9H2,1H3,(H2,16,17). The van der Waals surface area contributed by atoms with Crippen molar-refractivity contribution < 1.29 is 15.1 Å². The zero-order valence-corrected chi connectivity index (χ0v) is 13.5. The molecule has 1 heterocycles. The summed E-state index contributed by atoms with van der Waals surface area (Å²) in [5, 5.41) is 22.3. The predicted octanol–water partition coefficient (Wildman–Crippen LogP) is 1.52. The number of rotatable bonds is 4. The molecule has 0 unspecified atom stereocenters. The highest BCUT2D eigenvalue weighted by Crippen LogP contribution is 2.27. The molecule has 0 aromatic heterocycles. The quantitative estimate of drug-likeness (QED) is 0.329. The van der Waals surface area contributed by atoms with Crippen LogP contribution in [0.3, 0.4) is 0 Å². The fourth-order valence-corrected chi connectivity index (χ4v) is 3.02. The lowest BCUT2D eigenvalue weighted by molar-refractivity contribution is -0.0572. The van der Waals surface area contributed by atoms with Crippen molar-refractivity contribution in [3.8, 4) is 0 Å². The van der Waals surface area contributed by atoms with Crippen LogP contribution in [-0.4, -0.2) is 48.6 Å². The molecule has 1 aromatic rings. The number of likely N-dealkylation sites (N-methyl/N-ethyl adjacent to an activating group) is 1. The first-order valence-electron chi connectivity index (χ1n) is 6.74. The number of oxime groups is 1. The third-order valence-corrected chi connectivity index (χ3v) is 4.39. The Kier molecular flexibility index (Phi) is 5.08. The van der Waals surface area contributed by atoms with E-state index in [4.69, 9.17) is 15.7 Å². The van der Waals surface area contributed by atoms with Gasteiger partial charge in [0.25, 0.3) is 0 Å². The van der Waals surface area contributed by atoms with Gasteiger partial charge in [0.05, 0.1) is 5.60 Å². The molecule has 1 aromatic carbocycles. The topological polar surface area (TPSA) is 91.3 Å². The van der Waals surface area contributed by atoms with Crippen LogP contribution in [0.2, 0.25) is 0 Å². The van der Waals surface area contributed by atoms with Gasteiger partial charge in [0.2, 0.25) is 0 Å². The van der Waals surface area contributed by atoms with Crippen molar-refractivity contribution in [3.63, 3.8) is 0 Å². The zero-order chi connectivity index (χ0) is 15.5. The van der Waals surface area contributed by atoms with Crippen molar-refractivity contribution in [1.82, 2.24) is 0 Å². The minimum Gasteiger partial charge on any atom is -0.409 e. The van der Waals surface area contributed by atoms with Gasteiger partial charge < -0.3 is 25.7 Å². The van der Waals surface area contributed by atoms with Gasteiger partial charge in [-0.25, -0.2) is 0 Å². The maximum absolute atomic E-state index is 10.5. The van der Waals surface area contributed by atoms with Crippen LogP contribution >= 0.6 is 15.9 Å². The van der Waals surface area contributed by atoms with Crippen LogP contribution in [0, 0.1) is 0 Å². The molecule has 0 saturated carbocycles. The number of ether oxygens (including phenoxy) is 1. The lowest BCUT2D eigenvalue weighted by Gasteiger charge is -2.36. The average molecular weight is 358 g/mol. The van der Waals surface area contributed by atoms with Crippen LogP contribution in [0.5, 0.6) is 0 Å². The first-order chi connectivity index (χ1) is 9.95. The van der Waals surface area contributed by atoms with Crippen LogP contribution in [0.4, 0.5) is 5.69 Å². The summed E-state index contributed by atoms with van der Waals surface area (Å²) in [4.78, 5) is 1.99. The summed E-state index contributed by atoms with van der Waals surface area (Å²) in [6, 6.07) is 5.54. The highest BCUT2D eigenvalue weighted by atomic mass is 79.9. The Hall–Kier alpha value is -1.31. The molecule has 4 N–H and O–H groups in total. The van der Waals surface area contributed by atoms with Crippen molar-refractivity contribution in [1.29, 1.82) is 0 Å². The Balaban J connectivity index is 2.12. The van der Waals surface area contributed by atoms with E-state index in [1.54, 1.807) is 6.07 Å². The molecular weight excluding hydrogens is 338 g/mol. The van der Waals surface area contributed by atoms with Gasteiger partial charge in [-0.15, -0.1) is 0 Å². The number of nitrogens with two attached hydrogens (primary N) is 1.